The normalized spacial score (nSPS) is 11.3. The van der Waals surface area contributed by atoms with Gasteiger partial charge in [-0.15, -0.1) is 0 Å². The highest BCUT2D eigenvalue weighted by Crippen LogP contribution is 2.12. The molecule has 0 amide bonds. The van der Waals surface area contributed by atoms with E-state index in [1.807, 2.05) is 0 Å². The van der Waals surface area contributed by atoms with Gasteiger partial charge in [0.25, 0.3) is 0 Å². The minimum atomic E-state index is -1.56. The van der Waals surface area contributed by atoms with Gasteiger partial charge in [-0.2, -0.15) is 0 Å². The first-order valence-electron chi connectivity index (χ1n) is 6.35. The van der Waals surface area contributed by atoms with Gasteiger partial charge in [-0.25, -0.2) is 0 Å². The summed E-state index contributed by atoms with van der Waals surface area (Å²) in [6.45, 7) is 4.83. The van der Waals surface area contributed by atoms with Crippen molar-refractivity contribution < 1.29 is 0 Å². The number of nitrogens with zero attached hydrogens (tertiary/aromatic N) is 1. The van der Waals surface area contributed by atoms with Crippen molar-refractivity contribution in [1.82, 2.24) is 0 Å². The van der Waals surface area contributed by atoms with Gasteiger partial charge in [0.2, 0.25) is 0 Å². The maximum Gasteiger partial charge on any atom is 0.112 e. The van der Waals surface area contributed by atoms with E-state index in [4.69, 9.17) is 0 Å². The first kappa shape index (κ1) is 12.9. The number of benzene rings is 2. The van der Waals surface area contributed by atoms with E-state index in [2.05, 4.69) is 86.7 Å². The Kier molecular flexibility index (Phi) is 3.57. The van der Waals surface area contributed by atoms with Crippen LogP contribution in [0.4, 0.5) is 5.69 Å². The van der Waals surface area contributed by atoms with E-state index in [0.717, 1.165) is 0 Å². The van der Waals surface area contributed by atoms with Gasteiger partial charge in [-0.3, -0.25) is 0 Å². The Morgan fingerprint density at radius 1 is 0.778 bits per heavy atom. The fourth-order valence-corrected chi connectivity index (χ4v) is 4.58. The zero-order chi connectivity index (χ0) is 13.2. The average Bonchev–Trinajstić information content (AvgIpc) is 2.40. The Balaban J connectivity index is 2.44. The van der Waals surface area contributed by atoms with Crippen LogP contribution in [-0.4, -0.2) is 22.2 Å². The van der Waals surface area contributed by atoms with Crippen LogP contribution >= 0.6 is 0 Å². The van der Waals surface area contributed by atoms with Crippen molar-refractivity contribution in [3.63, 3.8) is 0 Å². The molecule has 0 spiro atoms. The fraction of sp³-hybridized carbons (Fsp3) is 0.250. The van der Waals surface area contributed by atoms with Gasteiger partial charge in [0.15, 0.2) is 0 Å². The summed E-state index contributed by atoms with van der Waals surface area (Å²) in [7, 11) is 2.63. The quantitative estimate of drug-likeness (QED) is 0.762. The highest BCUT2D eigenvalue weighted by Gasteiger charge is 2.25. The Labute approximate surface area is 111 Å². The molecule has 0 aromatic heterocycles. The lowest BCUT2D eigenvalue weighted by Crippen LogP contribution is -2.52. The van der Waals surface area contributed by atoms with Crippen molar-refractivity contribution in [1.29, 1.82) is 0 Å². The first-order valence-corrected chi connectivity index (χ1v) is 9.35. The van der Waals surface area contributed by atoms with Crippen LogP contribution < -0.4 is 15.3 Å². The van der Waals surface area contributed by atoms with Crippen molar-refractivity contribution in [3.8, 4) is 0 Å². The van der Waals surface area contributed by atoms with Crippen LogP contribution in [0.2, 0.25) is 13.1 Å². The van der Waals surface area contributed by atoms with Gasteiger partial charge in [-0.1, -0.05) is 65.9 Å². The summed E-state index contributed by atoms with van der Waals surface area (Å²) < 4.78 is 0. The van der Waals surface area contributed by atoms with E-state index in [9.17, 15) is 0 Å². The molecule has 2 heteroatoms. The summed E-state index contributed by atoms with van der Waals surface area (Å²) >= 11 is 0. The molecule has 0 aliphatic heterocycles. The molecule has 0 saturated carbocycles. The summed E-state index contributed by atoms with van der Waals surface area (Å²) in [5.41, 5.74) is 1.28. The first-order chi connectivity index (χ1) is 8.51. The zero-order valence-corrected chi connectivity index (χ0v) is 12.6. The lowest BCUT2D eigenvalue weighted by Gasteiger charge is -2.25. The monoisotopic (exact) mass is 255 g/mol. The van der Waals surface area contributed by atoms with Crippen LogP contribution in [0.3, 0.4) is 0 Å². The van der Waals surface area contributed by atoms with Gasteiger partial charge >= 0.3 is 0 Å². The maximum atomic E-state index is 2.41. The van der Waals surface area contributed by atoms with E-state index in [1.165, 1.54) is 16.1 Å². The molecule has 0 fully saturated rings. The van der Waals surface area contributed by atoms with Gasteiger partial charge in [0.05, 0.1) is 0 Å². The number of anilines is 1. The predicted octanol–water partition coefficient (Wildman–Crippen LogP) is 2.58. The maximum absolute atomic E-state index is 2.41. The molecule has 0 aliphatic carbocycles. The molecule has 0 saturated heterocycles. The number of hydrogen-bond donors (Lipinski definition) is 0. The molecular weight excluding hydrogens is 234 g/mol. The third-order valence-electron chi connectivity index (χ3n) is 3.58. The van der Waals surface area contributed by atoms with E-state index in [1.54, 1.807) is 0 Å². The summed E-state index contributed by atoms with van der Waals surface area (Å²) in [6.07, 6.45) is 0. The summed E-state index contributed by atoms with van der Waals surface area (Å²) in [4.78, 5) is 2.17. The topological polar surface area (TPSA) is 3.24 Å². The van der Waals surface area contributed by atoms with Gasteiger partial charge in [-0.05, 0) is 12.1 Å². The van der Waals surface area contributed by atoms with Crippen LogP contribution in [-0.2, 0) is 0 Å². The predicted molar refractivity (Wildman–Crippen MR) is 84.0 cm³/mol. The number of rotatable bonds is 3. The van der Waals surface area contributed by atoms with Crippen molar-refractivity contribution in [2.24, 2.45) is 0 Å². The van der Waals surface area contributed by atoms with Crippen LogP contribution in [0.5, 0.6) is 0 Å². The molecule has 2 aromatic rings. The minimum absolute atomic E-state index is 1.28. The van der Waals surface area contributed by atoms with Crippen LogP contribution in [0.15, 0.2) is 54.6 Å². The summed E-state index contributed by atoms with van der Waals surface area (Å²) in [5.74, 6) is 0. The highest BCUT2D eigenvalue weighted by atomic mass is 28.3. The molecule has 0 atom stereocenters. The fourth-order valence-electron chi connectivity index (χ4n) is 2.19. The second-order valence-electron chi connectivity index (χ2n) is 5.44. The highest BCUT2D eigenvalue weighted by molar-refractivity contribution is 7.00. The van der Waals surface area contributed by atoms with Crippen molar-refractivity contribution in [2.45, 2.75) is 13.1 Å². The van der Waals surface area contributed by atoms with E-state index in [0.29, 0.717) is 0 Å². The van der Waals surface area contributed by atoms with Crippen molar-refractivity contribution >= 4 is 24.1 Å². The molecule has 2 rings (SSSR count). The zero-order valence-electron chi connectivity index (χ0n) is 11.6. The molecule has 2 aromatic carbocycles. The smallest absolute Gasteiger partial charge is 0.112 e. The Hall–Kier alpha value is -1.54. The molecule has 94 valence electrons. The lowest BCUT2D eigenvalue weighted by atomic mass is 10.3. The molecule has 0 aliphatic rings. The molecule has 0 radical (unpaired) electrons. The average molecular weight is 255 g/mol. The molecule has 0 unspecified atom stereocenters. The number of hydrogen-bond acceptors (Lipinski definition) is 1. The van der Waals surface area contributed by atoms with E-state index >= 15 is 0 Å². The summed E-state index contributed by atoms with van der Waals surface area (Å²) in [6, 6.07) is 19.8. The third-order valence-corrected chi connectivity index (χ3v) is 7.11. The van der Waals surface area contributed by atoms with Gasteiger partial charge in [0.1, 0.15) is 8.07 Å². The standard InChI is InChI=1S/C16H21NSi/c1-17(2)14-9-8-12-16(13-14)18(3,4)15-10-6-5-7-11-15/h5-13H,1-4H3. The molecular formula is C16H21NSi. The molecule has 18 heavy (non-hydrogen) atoms. The largest absolute Gasteiger partial charge is 0.378 e. The van der Waals surface area contributed by atoms with Crippen LogP contribution in [0.25, 0.3) is 0 Å². The second-order valence-corrected chi connectivity index (χ2v) is 9.84. The van der Waals surface area contributed by atoms with E-state index in [-0.39, 0.29) is 0 Å². The summed E-state index contributed by atoms with van der Waals surface area (Å²) in [5, 5.41) is 2.97. The Bertz CT molecular complexity index is 518. The Morgan fingerprint density at radius 2 is 1.39 bits per heavy atom. The molecule has 0 heterocycles. The minimum Gasteiger partial charge on any atom is -0.378 e. The third kappa shape index (κ3) is 2.49. The van der Waals surface area contributed by atoms with Crippen LogP contribution in [0.1, 0.15) is 0 Å². The van der Waals surface area contributed by atoms with Crippen LogP contribution in [0, 0.1) is 0 Å². The van der Waals surface area contributed by atoms with Gasteiger partial charge < -0.3 is 4.90 Å². The second kappa shape index (κ2) is 4.98. The molecule has 0 N–H and O–H groups in total. The lowest BCUT2D eigenvalue weighted by molar-refractivity contribution is 1.13. The SMILES string of the molecule is CN(C)c1cccc([Si](C)(C)c2ccccc2)c1. The Morgan fingerprint density at radius 3 is 2.00 bits per heavy atom. The molecule has 1 nitrogen and oxygen atoms in total. The van der Waals surface area contributed by atoms with E-state index < -0.39 is 8.07 Å². The van der Waals surface area contributed by atoms with Gasteiger partial charge in [0, 0.05) is 19.8 Å². The molecule has 0 bridgehead atoms. The van der Waals surface area contributed by atoms with Crippen molar-refractivity contribution in [2.75, 3.05) is 19.0 Å². The van der Waals surface area contributed by atoms with Crippen molar-refractivity contribution in [3.05, 3.63) is 54.6 Å².